The highest BCUT2D eigenvalue weighted by atomic mass is 35.5. The Hall–Kier alpha value is -2.79. The molecule has 1 N–H and O–H groups in total. The van der Waals surface area contributed by atoms with Crippen LogP contribution in [0.15, 0.2) is 59.1 Å². The van der Waals surface area contributed by atoms with Gasteiger partial charge in [-0.3, -0.25) is 4.79 Å². The maximum Gasteiger partial charge on any atom is 0.236 e. The molecular weight excluding hydrogens is 364 g/mol. The summed E-state index contributed by atoms with van der Waals surface area (Å²) in [4.78, 5) is 12.9. The van der Waals surface area contributed by atoms with Crippen LogP contribution in [0, 0.1) is 0 Å². The third-order valence-corrected chi connectivity index (χ3v) is 4.99. The van der Waals surface area contributed by atoms with Crippen LogP contribution in [0.4, 0.5) is 5.69 Å². The Balaban J connectivity index is 1.50. The largest absolute Gasteiger partial charge is 0.494 e. The van der Waals surface area contributed by atoms with Gasteiger partial charge in [0.2, 0.25) is 5.91 Å². The number of ether oxygens (including phenoxy) is 1. The Morgan fingerprint density at radius 2 is 1.89 bits per heavy atom. The van der Waals surface area contributed by atoms with Crippen molar-refractivity contribution in [2.45, 2.75) is 25.2 Å². The summed E-state index contributed by atoms with van der Waals surface area (Å²) in [6, 6.07) is 16.5. The van der Waals surface area contributed by atoms with Gasteiger partial charge in [0, 0.05) is 22.3 Å². The minimum absolute atomic E-state index is 0.0670. The predicted octanol–water partition coefficient (Wildman–Crippen LogP) is 5.06. The summed E-state index contributed by atoms with van der Waals surface area (Å²) >= 11 is 5.93. The van der Waals surface area contributed by atoms with Crippen LogP contribution in [0.25, 0.3) is 11.3 Å². The van der Waals surface area contributed by atoms with Gasteiger partial charge in [0.1, 0.15) is 5.75 Å². The lowest BCUT2D eigenvalue weighted by Gasteiger charge is -2.13. The highest BCUT2D eigenvalue weighted by molar-refractivity contribution is 6.30. The fourth-order valence-electron chi connectivity index (χ4n) is 3.03. The third kappa shape index (κ3) is 3.55. The molecule has 138 valence electrons. The van der Waals surface area contributed by atoms with Crippen LogP contribution in [-0.2, 0) is 10.2 Å². The van der Waals surface area contributed by atoms with Gasteiger partial charge in [-0.1, -0.05) is 16.8 Å². The Bertz CT molecular complexity index is 944. The van der Waals surface area contributed by atoms with Crippen LogP contribution >= 0.6 is 11.6 Å². The number of anilines is 1. The molecule has 27 heavy (non-hydrogen) atoms. The summed E-state index contributed by atoms with van der Waals surface area (Å²) in [5, 5.41) is 7.80. The molecule has 1 amide bonds. The van der Waals surface area contributed by atoms with Crippen molar-refractivity contribution in [1.29, 1.82) is 0 Å². The summed E-state index contributed by atoms with van der Waals surface area (Å²) < 4.78 is 10.9. The van der Waals surface area contributed by atoms with E-state index in [2.05, 4.69) is 10.5 Å². The molecule has 1 saturated carbocycles. The number of rotatable bonds is 6. The molecular formula is C21H19ClN2O3. The number of aromatic nitrogens is 1. The van der Waals surface area contributed by atoms with Gasteiger partial charge in [0.15, 0.2) is 5.76 Å². The standard InChI is InChI=1S/C21H19ClN2O3/c1-2-26-17-9-7-16(8-10-17)23-20(25)21(11-12-21)19-13-18(27-24-19)14-3-5-15(22)6-4-14/h3-10,13H,2,11-12H2,1H3,(H,23,25). The van der Waals surface area contributed by atoms with Gasteiger partial charge >= 0.3 is 0 Å². The fraction of sp³-hybridized carbons (Fsp3) is 0.238. The number of carbonyl (C=O) groups is 1. The van der Waals surface area contributed by atoms with E-state index in [-0.39, 0.29) is 5.91 Å². The molecule has 0 radical (unpaired) electrons. The SMILES string of the molecule is CCOc1ccc(NC(=O)C2(c3cc(-c4ccc(Cl)cc4)on3)CC2)cc1. The van der Waals surface area contributed by atoms with E-state index in [0.29, 0.717) is 23.1 Å². The van der Waals surface area contributed by atoms with Crippen LogP contribution < -0.4 is 10.1 Å². The summed E-state index contributed by atoms with van der Waals surface area (Å²) in [5.74, 6) is 1.34. The van der Waals surface area contributed by atoms with E-state index >= 15 is 0 Å². The van der Waals surface area contributed by atoms with E-state index < -0.39 is 5.41 Å². The molecule has 6 heteroatoms. The number of nitrogens with zero attached hydrogens (tertiary/aromatic N) is 1. The average molecular weight is 383 g/mol. The van der Waals surface area contributed by atoms with E-state index in [9.17, 15) is 4.79 Å². The van der Waals surface area contributed by atoms with Gasteiger partial charge in [-0.25, -0.2) is 0 Å². The highest BCUT2D eigenvalue weighted by Crippen LogP contribution is 2.49. The molecule has 1 aliphatic rings. The second-order valence-corrected chi connectivity index (χ2v) is 7.01. The van der Waals surface area contributed by atoms with Crippen LogP contribution in [-0.4, -0.2) is 17.7 Å². The van der Waals surface area contributed by atoms with Gasteiger partial charge in [-0.05, 0) is 68.3 Å². The Kier molecular flexibility index (Phi) is 4.62. The average Bonchev–Trinajstić information content (AvgIpc) is 3.35. The van der Waals surface area contributed by atoms with Crippen molar-refractivity contribution in [3.8, 4) is 17.1 Å². The molecule has 4 rings (SSSR count). The Labute approximate surface area is 162 Å². The number of halogens is 1. The van der Waals surface area contributed by atoms with Crippen LogP contribution in [0.2, 0.25) is 5.02 Å². The van der Waals surface area contributed by atoms with Crippen molar-refractivity contribution in [3.63, 3.8) is 0 Å². The van der Waals surface area contributed by atoms with E-state index in [4.69, 9.17) is 20.9 Å². The van der Waals surface area contributed by atoms with Crippen molar-refractivity contribution in [1.82, 2.24) is 5.16 Å². The zero-order valence-electron chi connectivity index (χ0n) is 14.9. The number of nitrogens with one attached hydrogen (secondary N) is 1. The maximum absolute atomic E-state index is 12.9. The molecule has 3 aromatic rings. The van der Waals surface area contributed by atoms with Crippen molar-refractivity contribution in [2.24, 2.45) is 0 Å². The lowest BCUT2D eigenvalue weighted by molar-refractivity contribution is -0.118. The van der Waals surface area contributed by atoms with E-state index in [1.807, 2.05) is 49.4 Å². The van der Waals surface area contributed by atoms with Gasteiger partial charge in [-0.2, -0.15) is 0 Å². The molecule has 1 aliphatic carbocycles. The molecule has 2 aromatic carbocycles. The molecule has 0 atom stereocenters. The number of carbonyl (C=O) groups excluding carboxylic acids is 1. The van der Waals surface area contributed by atoms with Crippen molar-refractivity contribution in [3.05, 3.63) is 65.3 Å². The smallest absolute Gasteiger partial charge is 0.236 e. The van der Waals surface area contributed by atoms with Crippen LogP contribution in [0.5, 0.6) is 5.75 Å². The highest BCUT2D eigenvalue weighted by Gasteiger charge is 2.53. The van der Waals surface area contributed by atoms with Crippen molar-refractivity contribution >= 4 is 23.2 Å². The zero-order chi connectivity index (χ0) is 18.9. The first-order chi connectivity index (χ1) is 13.1. The Morgan fingerprint density at radius 1 is 1.19 bits per heavy atom. The molecule has 1 heterocycles. The maximum atomic E-state index is 12.9. The molecule has 0 aliphatic heterocycles. The minimum Gasteiger partial charge on any atom is -0.494 e. The minimum atomic E-state index is -0.618. The Morgan fingerprint density at radius 3 is 2.52 bits per heavy atom. The first-order valence-corrected chi connectivity index (χ1v) is 9.26. The summed E-state index contributed by atoms with van der Waals surface area (Å²) in [6.45, 7) is 2.54. The normalized spacial score (nSPS) is 14.6. The second-order valence-electron chi connectivity index (χ2n) is 6.58. The second kappa shape index (κ2) is 7.08. The summed E-state index contributed by atoms with van der Waals surface area (Å²) in [6.07, 6.45) is 1.50. The van der Waals surface area contributed by atoms with Gasteiger partial charge in [0.05, 0.1) is 17.7 Å². The van der Waals surface area contributed by atoms with Crippen molar-refractivity contribution < 1.29 is 14.1 Å². The van der Waals surface area contributed by atoms with E-state index in [1.54, 1.807) is 12.1 Å². The molecule has 1 aromatic heterocycles. The zero-order valence-corrected chi connectivity index (χ0v) is 15.6. The lowest BCUT2D eigenvalue weighted by Crippen LogP contribution is -2.28. The lowest BCUT2D eigenvalue weighted by atomic mass is 10.00. The number of hydrogen-bond acceptors (Lipinski definition) is 4. The van der Waals surface area contributed by atoms with Crippen LogP contribution in [0.3, 0.4) is 0 Å². The third-order valence-electron chi connectivity index (χ3n) is 4.74. The van der Waals surface area contributed by atoms with Crippen LogP contribution in [0.1, 0.15) is 25.5 Å². The topological polar surface area (TPSA) is 64.4 Å². The van der Waals surface area contributed by atoms with E-state index in [0.717, 1.165) is 29.8 Å². The van der Waals surface area contributed by atoms with E-state index in [1.165, 1.54) is 0 Å². The number of benzene rings is 2. The monoisotopic (exact) mass is 382 g/mol. The molecule has 0 saturated heterocycles. The van der Waals surface area contributed by atoms with Gasteiger partial charge < -0.3 is 14.6 Å². The molecule has 0 bridgehead atoms. The van der Waals surface area contributed by atoms with Crippen molar-refractivity contribution in [2.75, 3.05) is 11.9 Å². The van der Waals surface area contributed by atoms with Gasteiger partial charge in [-0.15, -0.1) is 0 Å². The molecule has 1 fully saturated rings. The first kappa shape index (κ1) is 17.6. The number of hydrogen-bond donors (Lipinski definition) is 1. The quantitative estimate of drug-likeness (QED) is 0.646. The fourth-order valence-corrected chi connectivity index (χ4v) is 3.15. The number of amides is 1. The summed E-state index contributed by atoms with van der Waals surface area (Å²) in [5.41, 5.74) is 1.65. The molecule has 0 spiro atoms. The van der Waals surface area contributed by atoms with Gasteiger partial charge in [0.25, 0.3) is 0 Å². The first-order valence-electron chi connectivity index (χ1n) is 8.88. The predicted molar refractivity (Wildman–Crippen MR) is 104 cm³/mol. The molecule has 0 unspecified atom stereocenters. The summed E-state index contributed by atoms with van der Waals surface area (Å²) in [7, 11) is 0. The molecule has 5 nitrogen and oxygen atoms in total.